The summed E-state index contributed by atoms with van der Waals surface area (Å²) < 4.78 is 34.5. The van der Waals surface area contributed by atoms with Crippen LogP contribution >= 0.6 is 11.6 Å². The molecule has 3 aromatic carbocycles. The average Bonchev–Trinajstić information content (AvgIpc) is 2.84. The fraction of sp³-hybridized carbons (Fsp3) is 0.269. The Labute approximate surface area is 206 Å². The fourth-order valence-corrected chi connectivity index (χ4v) is 5.39. The number of anilines is 1. The van der Waals surface area contributed by atoms with Crippen LogP contribution in [0.4, 0.5) is 5.69 Å². The van der Waals surface area contributed by atoms with Crippen molar-refractivity contribution < 1.29 is 17.9 Å². The summed E-state index contributed by atoms with van der Waals surface area (Å²) >= 11 is 6.06. The molecule has 180 valence electrons. The maximum Gasteiger partial charge on any atom is 0.245 e. The summed E-state index contributed by atoms with van der Waals surface area (Å²) in [4.78, 5) is 13.4. The molecular weight excluding hydrogens is 472 g/mol. The van der Waals surface area contributed by atoms with Gasteiger partial charge in [0.05, 0.1) is 7.11 Å². The zero-order chi connectivity index (χ0) is 24.7. The largest absolute Gasteiger partial charge is 0.495 e. The first kappa shape index (κ1) is 25.7. The van der Waals surface area contributed by atoms with Crippen LogP contribution in [0.3, 0.4) is 0 Å². The van der Waals surface area contributed by atoms with Crippen molar-refractivity contribution >= 4 is 33.2 Å². The molecule has 3 rings (SSSR count). The van der Waals surface area contributed by atoms with Gasteiger partial charge in [-0.1, -0.05) is 74.0 Å². The second kappa shape index (κ2) is 11.5. The lowest BCUT2D eigenvalue weighted by Crippen LogP contribution is -2.45. The number of carbonyl (C=O) groups is 1. The van der Waals surface area contributed by atoms with Gasteiger partial charge in [-0.25, -0.2) is 8.42 Å². The second-order valence-corrected chi connectivity index (χ2v) is 9.93. The van der Waals surface area contributed by atoms with Crippen LogP contribution in [0.2, 0.25) is 5.02 Å². The minimum Gasteiger partial charge on any atom is -0.495 e. The zero-order valence-electron chi connectivity index (χ0n) is 19.5. The molecule has 0 heterocycles. The van der Waals surface area contributed by atoms with Crippen LogP contribution in [0, 0.1) is 0 Å². The number of carbonyl (C=O) groups excluding carboxylic acids is 1. The van der Waals surface area contributed by atoms with E-state index in [4.69, 9.17) is 16.3 Å². The lowest BCUT2D eigenvalue weighted by Gasteiger charge is -2.22. The highest BCUT2D eigenvalue weighted by molar-refractivity contribution is 7.89. The molecule has 0 aliphatic carbocycles. The minimum atomic E-state index is -4.13. The molecule has 8 heteroatoms. The van der Waals surface area contributed by atoms with Crippen LogP contribution in [-0.2, 0) is 34.1 Å². The Kier molecular flexibility index (Phi) is 8.72. The molecule has 3 aromatic rings. The summed E-state index contributed by atoms with van der Waals surface area (Å²) in [5.41, 5.74) is 3.54. The van der Waals surface area contributed by atoms with Gasteiger partial charge in [0, 0.05) is 10.7 Å². The predicted octanol–water partition coefficient (Wildman–Crippen LogP) is 5.00. The van der Waals surface area contributed by atoms with E-state index in [1.165, 1.54) is 19.2 Å². The Morgan fingerprint density at radius 2 is 1.62 bits per heavy atom. The highest BCUT2D eigenvalue weighted by atomic mass is 35.5. The topological polar surface area (TPSA) is 84.5 Å². The van der Waals surface area contributed by atoms with E-state index >= 15 is 0 Å². The van der Waals surface area contributed by atoms with E-state index < -0.39 is 22.0 Å². The van der Waals surface area contributed by atoms with Gasteiger partial charge in [-0.05, 0) is 54.2 Å². The third-order valence-electron chi connectivity index (χ3n) is 5.56. The van der Waals surface area contributed by atoms with Gasteiger partial charge in [0.15, 0.2) is 0 Å². The van der Waals surface area contributed by atoms with Gasteiger partial charge in [0.25, 0.3) is 0 Å². The number of amides is 1. The number of rotatable bonds is 10. The van der Waals surface area contributed by atoms with Crippen molar-refractivity contribution in [3.05, 3.63) is 88.4 Å². The Morgan fingerprint density at radius 1 is 0.971 bits per heavy atom. The molecular formula is C26H29ClN2O4S. The van der Waals surface area contributed by atoms with E-state index in [1.807, 2.05) is 62.4 Å². The van der Waals surface area contributed by atoms with Gasteiger partial charge in [-0.15, -0.1) is 0 Å². The van der Waals surface area contributed by atoms with Crippen molar-refractivity contribution in [2.24, 2.45) is 0 Å². The lowest BCUT2D eigenvalue weighted by molar-refractivity contribution is -0.117. The van der Waals surface area contributed by atoms with Crippen LogP contribution in [0.5, 0.6) is 5.75 Å². The molecule has 0 aliphatic heterocycles. The number of aryl methyl sites for hydroxylation is 2. The van der Waals surface area contributed by atoms with Crippen molar-refractivity contribution in [2.75, 3.05) is 12.4 Å². The number of methoxy groups -OCH3 is 1. The van der Waals surface area contributed by atoms with Gasteiger partial charge in [0.2, 0.25) is 15.9 Å². The van der Waals surface area contributed by atoms with E-state index in [0.29, 0.717) is 0 Å². The molecule has 1 atom stereocenters. The van der Waals surface area contributed by atoms with E-state index in [9.17, 15) is 13.2 Å². The summed E-state index contributed by atoms with van der Waals surface area (Å²) in [6, 6.07) is 18.4. The van der Waals surface area contributed by atoms with Crippen molar-refractivity contribution in [1.29, 1.82) is 0 Å². The van der Waals surface area contributed by atoms with E-state index in [0.717, 1.165) is 35.2 Å². The molecule has 2 N–H and O–H groups in total. The quantitative estimate of drug-likeness (QED) is 0.410. The average molecular weight is 501 g/mol. The van der Waals surface area contributed by atoms with Crippen LogP contribution in [0.1, 0.15) is 30.5 Å². The summed E-state index contributed by atoms with van der Waals surface area (Å²) in [5.74, 6) is -0.301. The molecule has 0 spiro atoms. The first-order valence-corrected chi connectivity index (χ1v) is 13.0. The molecule has 0 aromatic heterocycles. The third kappa shape index (κ3) is 6.17. The molecule has 0 unspecified atom stereocenters. The SMILES string of the molecule is CCc1cccc(CC)c1NC(=O)[C@H](Cc1ccccc1)NS(=O)(=O)c1cc(Cl)ccc1OC. The molecule has 0 saturated heterocycles. The van der Waals surface area contributed by atoms with Gasteiger partial charge < -0.3 is 10.1 Å². The van der Waals surface area contributed by atoms with Crippen LogP contribution < -0.4 is 14.8 Å². The first-order chi connectivity index (χ1) is 16.3. The minimum absolute atomic E-state index is 0.128. The van der Waals surface area contributed by atoms with Crippen molar-refractivity contribution in [3.8, 4) is 5.75 Å². The van der Waals surface area contributed by atoms with Gasteiger partial charge in [-0.2, -0.15) is 4.72 Å². The summed E-state index contributed by atoms with van der Waals surface area (Å²) in [6.07, 6.45) is 1.64. The maximum atomic E-state index is 13.5. The normalized spacial score (nSPS) is 12.2. The number of hydrogen-bond acceptors (Lipinski definition) is 4. The van der Waals surface area contributed by atoms with E-state index in [1.54, 1.807) is 6.07 Å². The number of halogens is 1. The summed E-state index contributed by atoms with van der Waals surface area (Å²) in [5, 5.41) is 3.24. The summed E-state index contributed by atoms with van der Waals surface area (Å²) in [6.45, 7) is 4.03. The Hall–Kier alpha value is -2.87. The molecule has 0 aliphatic rings. The Balaban J connectivity index is 1.98. The van der Waals surface area contributed by atoms with Crippen LogP contribution in [-0.4, -0.2) is 27.5 Å². The van der Waals surface area contributed by atoms with Gasteiger partial charge >= 0.3 is 0 Å². The Morgan fingerprint density at radius 3 is 2.21 bits per heavy atom. The zero-order valence-corrected chi connectivity index (χ0v) is 21.0. The van der Waals surface area contributed by atoms with Crippen LogP contribution in [0.15, 0.2) is 71.6 Å². The number of nitrogens with one attached hydrogen (secondary N) is 2. The van der Waals surface area contributed by atoms with E-state index in [-0.39, 0.29) is 22.1 Å². The van der Waals surface area contributed by atoms with Crippen molar-refractivity contribution in [1.82, 2.24) is 4.72 Å². The third-order valence-corrected chi connectivity index (χ3v) is 7.29. The summed E-state index contributed by atoms with van der Waals surface area (Å²) in [7, 11) is -2.75. The predicted molar refractivity (Wildman–Crippen MR) is 136 cm³/mol. The number of sulfonamides is 1. The molecule has 0 bridgehead atoms. The molecule has 0 radical (unpaired) electrons. The van der Waals surface area contributed by atoms with Gasteiger partial charge in [0.1, 0.15) is 16.7 Å². The number of hydrogen-bond donors (Lipinski definition) is 2. The second-order valence-electron chi connectivity index (χ2n) is 7.81. The highest BCUT2D eigenvalue weighted by Crippen LogP contribution is 2.28. The number of benzene rings is 3. The van der Waals surface area contributed by atoms with Crippen LogP contribution in [0.25, 0.3) is 0 Å². The molecule has 0 fully saturated rings. The van der Waals surface area contributed by atoms with Crippen molar-refractivity contribution in [2.45, 2.75) is 44.0 Å². The molecule has 0 saturated carbocycles. The standard InChI is InChI=1S/C26H29ClN2O4S/c1-4-19-12-9-13-20(5-2)25(19)28-26(30)22(16-18-10-7-6-8-11-18)29-34(31,32)24-17-21(27)14-15-23(24)33-3/h6-15,17,22,29H,4-5,16H2,1-3H3,(H,28,30)/t22-/m0/s1. The highest BCUT2D eigenvalue weighted by Gasteiger charge is 2.29. The molecule has 6 nitrogen and oxygen atoms in total. The van der Waals surface area contributed by atoms with E-state index in [2.05, 4.69) is 10.0 Å². The first-order valence-electron chi connectivity index (χ1n) is 11.1. The maximum absolute atomic E-state index is 13.5. The fourth-order valence-electron chi connectivity index (χ4n) is 3.76. The molecule has 1 amide bonds. The molecule has 34 heavy (non-hydrogen) atoms. The number of para-hydroxylation sites is 1. The smallest absolute Gasteiger partial charge is 0.245 e. The van der Waals surface area contributed by atoms with Crippen molar-refractivity contribution in [3.63, 3.8) is 0 Å². The van der Waals surface area contributed by atoms with Gasteiger partial charge in [-0.3, -0.25) is 4.79 Å². The Bertz CT molecular complexity index is 1220. The number of ether oxygens (including phenoxy) is 1. The lowest BCUT2D eigenvalue weighted by atomic mass is 10.0. The monoisotopic (exact) mass is 500 g/mol.